The molecule has 0 bridgehead atoms. The van der Waals surface area contributed by atoms with Crippen LogP contribution in [0.2, 0.25) is 0 Å². The normalized spacial score (nSPS) is 9.56. The van der Waals surface area contributed by atoms with E-state index in [1.165, 1.54) is 0 Å². The highest BCUT2D eigenvalue weighted by molar-refractivity contribution is 14.1. The van der Waals surface area contributed by atoms with E-state index in [4.69, 9.17) is 5.11 Å². The average molecular weight is 334 g/mol. The Morgan fingerprint density at radius 3 is 2.38 bits per heavy atom. The number of carboxylic acid groups (broad SMARTS) is 1. The summed E-state index contributed by atoms with van der Waals surface area (Å²) in [5.41, 5.74) is 0.976. The molecular formula is C10H11IN2O3. The molecule has 0 aliphatic rings. The summed E-state index contributed by atoms with van der Waals surface area (Å²) in [6.07, 6.45) is -1.20. The maximum absolute atomic E-state index is 11.1. The minimum absolute atomic E-state index is 0.223. The number of rotatable bonds is 4. The molecule has 2 amide bonds. The molecule has 1 aromatic rings. The highest BCUT2D eigenvalue weighted by Crippen LogP contribution is 2.06. The van der Waals surface area contributed by atoms with Crippen molar-refractivity contribution in [3.8, 4) is 0 Å². The van der Waals surface area contributed by atoms with Gasteiger partial charge < -0.3 is 15.7 Å². The summed E-state index contributed by atoms with van der Waals surface area (Å²) in [5, 5.41) is 12.9. The minimum Gasteiger partial charge on any atom is -0.465 e. The van der Waals surface area contributed by atoms with E-state index < -0.39 is 6.09 Å². The molecule has 0 aliphatic carbocycles. The second kappa shape index (κ2) is 6.31. The lowest BCUT2D eigenvalue weighted by molar-refractivity contribution is -0.120. The largest absolute Gasteiger partial charge is 0.465 e. The van der Waals surface area contributed by atoms with Crippen molar-refractivity contribution in [3.63, 3.8) is 0 Å². The molecule has 1 rings (SSSR count). The molecule has 86 valence electrons. The van der Waals surface area contributed by atoms with Crippen LogP contribution in [0.3, 0.4) is 0 Å². The molecule has 0 atom stereocenters. The Bertz CT molecular complexity index is 378. The maximum Gasteiger partial charge on any atom is 0.405 e. The van der Waals surface area contributed by atoms with E-state index in [-0.39, 0.29) is 12.5 Å². The monoisotopic (exact) mass is 334 g/mol. The van der Waals surface area contributed by atoms with E-state index in [2.05, 4.69) is 27.9 Å². The molecule has 1 aromatic carbocycles. The SMILES string of the molecule is O=C(O)NCC(=O)NCc1ccc(I)cc1. The number of nitrogens with one attached hydrogen (secondary N) is 2. The summed E-state index contributed by atoms with van der Waals surface area (Å²) in [4.78, 5) is 21.3. The summed E-state index contributed by atoms with van der Waals surface area (Å²) in [7, 11) is 0. The van der Waals surface area contributed by atoms with Gasteiger partial charge >= 0.3 is 6.09 Å². The zero-order chi connectivity index (χ0) is 12.0. The van der Waals surface area contributed by atoms with E-state index in [0.29, 0.717) is 6.54 Å². The van der Waals surface area contributed by atoms with Crippen molar-refractivity contribution in [2.75, 3.05) is 6.54 Å². The van der Waals surface area contributed by atoms with Crippen LogP contribution in [0, 0.1) is 3.57 Å². The van der Waals surface area contributed by atoms with Crippen LogP contribution in [0.15, 0.2) is 24.3 Å². The van der Waals surface area contributed by atoms with Gasteiger partial charge in [-0.25, -0.2) is 4.79 Å². The number of hydrogen-bond donors (Lipinski definition) is 3. The van der Waals surface area contributed by atoms with Gasteiger partial charge in [-0.3, -0.25) is 4.79 Å². The summed E-state index contributed by atoms with van der Waals surface area (Å²) in [5.74, 6) is -0.346. The molecule has 0 radical (unpaired) electrons. The number of halogens is 1. The first-order valence-electron chi connectivity index (χ1n) is 4.56. The molecular weight excluding hydrogens is 323 g/mol. The van der Waals surface area contributed by atoms with E-state index >= 15 is 0 Å². The Hall–Kier alpha value is -1.31. The minimum atomic E-state index is -1.20. The van der Waals surface area contributed by atoms with Crippen LogP contribution in [-0.2, 0) is 11.3 Å². The quantitative estimate of drug-likeness (QED) is 0.724. The van der Waals surface area contributed by atoms with Crippen LogP contribution < -0.4 is 10.6 Å². The van der Waals surface area contributed by atoms with Crippen LogP contribution in [0.4, 0.5) is 4.79 Å². The zero-order valence-electron chi connectivity index (χ0n) is 8.37. The number of benzene rings is 1. The summed E-state index contributed by atoms with van der Waals surface area (Å²) in [6, 6.07) is 7.70. The molecule has 0 heterocycles. The van der Waals surface area contributed by atoms with Gasteiger partial charge in [-0.15, -0.1) is 0 Å². The molecule has 0 saturated heterocycles. The Balaban J connectivity index is 2.31. The van der Waals surface area contributed by atoms with E-state index in [9.17, 15) is 9.59 Å². The first-order valence-corrected chi connectivity index (χ1v) is 5.64. The lowest BCUT2D eigenvalue weighted by Gasteiger charge is -2.05. The standard InChI is InChI=1S/C10H11IN2O3/c11-8-3-1-7(2-4-8)5-12-9(14)6-13-10(15)16/h1-4,13H,5-6H2,(H,12,14)(H,15,16). The van der Waals surface area contributed by atoms with Gasteiger partial charge in [-0.05, 0) is 40.3 Å². The summed E-state index contributed by atoms with van der Waals surface area (Å²) in [6.45, 7) is 0.177. The average Bonchev–Trinajstić information content (AvgIpc) is 2.25. The van der Waals surface area contributed by atoms with Crippen molar-refractivity contribution in [1.29, 1.82) is 0 Å². The Labute approximate surface area is 106 Å². The van der Waals surface area contributed by atoms with Crippen molar-refractivity contribution in [1.82, 2.24) is 10.6 Å². The Morgan fingerprint density at radius 1 is 1.19 bits per heavy atom. The lowest BCUT2D eigenvalue weighted by Crippen LogP contribution is -2.35. The molecule has 6 heteroatoms. The van der Waals surface area contributed by atoms with Crippen molar-refractivity contribution in [2.45, 2.75) is 6.54 Å². The summed E-state index contributed by atoms with van der Waals surface area (Å²) >= 11 is 2.20. The van der Waals surface area contributed by atoms with Crippen LogP contribution in [0.1, 0.15) is 5.56 Å². The predicted octanol–water partition coefficient (Wildman–Crippen LogP) is 1.17. The summed E-state index contributed by atoms with van der Waals surface area (Å²) < 4.78 is 1.13. The maximum atomic E-state index is 11.1. The smallest absolute Gasteiger partial charge is 0.405 e. The lowest BCUT2D eigenvalue weighted by atomic mass is 10.2. The van der Waals surface area contributed by atoms with Crippen LogP contribution in [-0.4, -0.2) is 23.7 Å². The Kier molecular flexibility index (Phi) is 5.03. The fourth-order valence-corrected chi connectivity index (χ4v) is 1.38. The van der Waals surface area contributed by atoms with E-state index in [1.54, 1.807) is 0 Å². The predicted molar refractivity (Wildman–Crippen MR) is 67.0 cm³/mol. The third-order valence-electron chi connectivity index (χ3n) is 1.80. The second-order valence-corrected chi connectivity index (χ2v) is 4.31. The molecule has 0 spiro atoms. The van der Waals surface area contributed by atoms with Gasteiger partial charge in [0.05, 0.1) is 6.54 Å². The van der Waals surface area contributed by atoms with Crippen molar-refractivity contribution in [2.24, 2.45) is 0 Å². The first kappa shape index (κ1) is 12.8. The molecule has 0 aliphatic heterocycles. The van der Waals surface area contributed by atoms with Gasteiger partial charge in [-0.2, -0.15) is 0 Å². The highest BCUT2D eigenvalue weighted by atomic mass is 127. The topological polar surface area (TPSA) is 78.4 Å². The molecule has 0 aromatic heterocycles. The van der Waals surface area contributed by atoms with Crippen LogP contribution >= 0.6 is 22.6 Å². The molecule has 0 fully saturated rings. The molecule has 0 saturated carbocycles. The number of carbonyl (C=O) groups excluding carboxylic acids is 1. The van der Waals surface area contributed by atoms with Crippen molar-refractivity contribution in [3.05, 3.63) is 33.4 Å². The third-order valence-corrected chi connectivity index (χ3v) is 2.52. The number of hydrogen-bond acceptors (Lipinski definition) is 2. The van der Waals surface area contributed by atoms with Gasteiger partial charge in [0.1, 0.15) is 0 Å². The van der Waals surface area contributed by atoms with Crippen molar-refractivity contribution >= 4 is 34.6 Å². The zero-order valence-corrected chi connectivity index (χ0v) is 10.5. The third kappa shape index (κ3) is 4.96. The molecule has 3 N–H and O–H groups in total. The van der Waals surface area contributed by atoms with E-state index in [0.717, 1.165) is 9.13 Å². The van der Waals surface area contributed by atoms with Crippen molar-refractivity contribution < 1.29 is 14.7 Å². The van der Waals surface area contributed by atoms with Gasteiger partial charge in [0.25, 0.3) is 0 Å². The second-order valence-electron chi connectivity index (χ2n) is 3.06. The van der Waals surface area contributed by atoms with E-state index in [1.807, 2.05) is 29.6 Å². The molecule has 0 unspecified atom stereocenters. The van der Waals surface area contributed by atoms with Gasteiger partial charge in [-0.1, -0.05) is 12.1 Å². The fourth-order valence-electron chi connectivity index (χ4n) is 1.02. The Morgan fingerprint density at radius 2 is 1.81 bits per heavy atom. The first-order chi connectivity index (χ1) is 7.58. The number of carbonyl (C=O) groups is 2. The number of amides is 2. The van der Waals surface area contributed by atoms with Gasteiger partial charge in [0, 0.05) is 10.1 Å². The molecule has 16 heavy (non-hydrogen) atoms. The fraction of sp³-hybridized carbons (Fsp3) is 0.200. The van der Waals surface area contributed by atoms with Gasteiger partial charge in [0.2, 0.25) is 5.91 Å². The van der Waals surface area contributed by atoms with Crippen LogP contribution in [0.25, 0.3) is 0 Å². The van der Waals surface area contributed by atoms with Crippen LogP contribution in [0.5, 0.6) is 0 Å². The molecule has 5 nitrogen and oxygen atoms in total. The van der Waals surface area contributed by atoms with Gasteiger partial charge in [0.15, 0.2) is 0 Å². The highest BCUT2D eigenvalue weighted by Gasteiger charge is 2.02.